The molecule has 6 heteroatoms. The molecule has 2 heterocycles. The van der Waals surface area contributed by atoms with Crippen molar-refractivity contribution in [1.29, 1.82) is 0 Å². The number of hydrogen-bond donors (Lipinski definition) is 1. The number of piperidine rings is 1. The zero-order valence-corrected chi connectivity index (χ0v) is 20.1. The molecule has 1 saturated carbocycles. The largest absolute Gasteiger partial charge is 0.374 e. The summed E-state index contributed by atoms with van der Waals surface area (Å²) in [6, 6.07) is 11.2. The average molecular weight is 460 g/mol. The van der Waals surface area contributed by atoms with Crippen molar-refractivity contribution in [3.63, 3.8) is 0 Å². The number of aliphatic hydroxyl groups is 1. The minimum absolute atomic E-state index is 0.0184. The second-order valence-electron chi connectivity index (χ2n) is 10.1. The Morgan fingerprint density at radius 1 is 1.16 bits per heavy atom. The zero-order chi connectivity index (χ0) is 22.8. The Labute approximate surface area is 195 Å². The Bertz CT molecular complexity index is 902. The van der Waals surface area contributed by atoms with Gasteiger partial charge in [-0.05, 0) is 42.0 Å². The van der Waals surface area contributed by atoms with Crippen LogP contribution < -0.4 is 0 Å². The van der Waals surface area contributed by atoms with Gasteiger partial charge >= 0.3 is 0 Å². The quantitative estimate of drug-likeness (QED) is 0.616. The molecule has 0 spiro atoms. The van der Waals surface area contributed by atoms with Crippen LogP contribution in [0.25, 0.3) is 0 Å². The van der Waals surface area contributed by atoms with Crippen LogP contribution in [0.15, 0.2) is 41.8 Å². The molecule has 1 aliphatic heterocycles. The summed E-state index contributed by atoms with van der Waals surface area (Å²) in [5, 5.41) is 13.7. The summed E-state index contributed by atoms with van der Waals surface area (Å²) in [4.78, 5) is 16.3. The lowest BCUT2D eigenvalue weighted by Gasteiger charge is -2.45. The molecule has 0 bridgehead atoms. The first-order valence-corrected chi connectivity index (χ1v) is 12.8. The number of amides is 1. The third-order valence-electron chi connectivity index (χ3n) is 7.77. The minimum Gasteiger partial charge on any atom is -0.374 e. The third kappa shape index (κ3) is 4.78. The van der Waals surface area contributed by atoms with Crippen LogP contribution in [0.4, 0.5) is 4.39 Å². The number of benzene rings is 1. The Kier molecular flexibility index (Phi) is 7.03. The fourth-order valence-electron chi connectivity index (χ4n) is 5.62. The highest BCUT2D eigenvalue weighted by Gasteiger charge is 2.50. The smallest absolute Gasteiger partial charge is 0.260 e. The standard InChI is InChI=1S/C26H36FN2O2S/c1-29(2,17-14-20-7-5-10-22(27)19-20)23-12-15-28(16-13-23)25(30)26(31,21-8-3-4-9-21)24-11-6-18-32-24/h5-7,10-11,18-19,21,23,31H,3-4,8-9,12-17H2,1-2H3/q+1. The lowest BCUT2D eigenvalue weighted by Crippen LogP contribution is -2.58. The second kappa shape index (κ2) is 9.62. The molecule has 32 heavy (non-hydrogen) atoms. The summed E-state index contributed by atoms with van der Waals surface area (Å²) >= 11 is 1.49. The summed E-state index contributed by atoms with van der Waals surface area (Å²) in [7, 11) is 4.48. The van der Waals surface area contributed by atoms with Gasteiger partial charge in [0.05, 0.1) is 26.7 Å². The number of carbonyl (C=O) groups is 1. The van der Waals surface area contributed by atoms with E-state index in [1.54, 1.807) is 12.1 Å². The average Bonchev–Trinajstić information content (AvgIpc) is 3.52. The molecule has 1 N–H and O–H groups in total. The molecule has 1 atom stereocenters. The summed E-state index contributed by atoms with van der Waals surface area (Å²) in [6.45, 7) is 2.31. The maximum absolute atomic E-state index is 13.6. The van der Waals surface area contributed by atoms with Crippen LogP contribution >= 0.6 is 11.3 Å². The van der Waals surface area contributed by atoms with Crippen LogP contribution in [0.2, 0.25) is 0 Å². The van der Waals surface area contributed by atoms with E-state index in [1.165, 1.54) is 17.4 Å². The lowest BCUT2D eigenvalue weighted by atomic mass is 9.82. The molecule has 1 unspecified atom stereocenters. The molecule has 1 aromatic heterocycles. The van der Waals surface area contributed by atoms with E-state index in [0.29, 0.717) is 19.1 Å². The maximum atomic E-state index is 13.6. The molecule has 2 aromatic rings. The van der Waals surface area contributed by atoms with Crippen LogP contribution in [0.3, 0.4) is 0 Å². The van der Waals surface area contributed by atoms with E-state index in [4.69, 9.17) is 0 Å². The molecule has 2 fully saturated rings. The Morgan fingerprint density at radius 2 is 1.88 bits per heavy atom. The van der Waals surface area contributed by atoms with Crippen molar-refractivity contribution in [3.8, 4) is 0 Å². The second-order valence-corrected chi connectivity index (χ2v) is 11.1. The lowest BCUT2D eigenvalue weighted by molar-refractivity contribution is -0.916. The van der Waals surface area contributed by atoms with E-state index in [0.717, 1.165) is 66.4 Å². The van der Waals surface area contributed by atoms with Gasteiger partial charge in [-0.25, -0.2) is 4.39 Å². The monoisotopic (exact) mass is 459 g/mol. The van der Waals surface area contributed by atoms with E-state index in [1.807, 2.05) is 28.5 Å². The van der Waals surface area contributed by atoms with Crippen LogP contribution in [0.1, 0.15) is 49.0 Å². The van der Waals surface area contributed by atoms with E-state index in [9.17, 15) is 14.3 Å². The van der Waals surface area contributed by atoms with Crippen LogP contribution in [0.5, 0.6) is 0 Å². The molecule has 174 valence electrons. The fraction of sp³-hybridized carbons (Fsp3) is 0.577. The van der Waals surface area contributed by atoms with Crippen molar-refractivity contribution < 1.29 is 18.8 Å². The van der Waals surface area contributed by atoms with Crippen LogP contribution in [0, 0.1) is 11.7 Å². The summed E-state index contributed by atoms with van der Waals surface area (Å²) in [6.07, 6.45) is 6.69. The maximum Gasteiger partial charge on any atom is 0.260 e. The van der Waals surface area contributed by atoms with Gasteiger partial charge in [0.1, 0.15) is 5.82 Å². The van der Waals surface area contributed by atoms with Gasteiger partial charge in [0.25, 0.3) is 5.91 Å². The summed E-state index contributed by atoms with van der Waals surface area (Å²) in [5.74, 6) is -0.264. The van der Waals surface area contributed by atoms with Gasteiger partial charge < -0.3 is 14.5 Å². The van der Waals surface area contributed by atoms with Crippen molar-refractivity contribution in [2.45, 2.75) is 56.6 Å². The number of quaternary nitrogens is 1. The predicted molar refractivity (Wildman–Crippen MR) is 127 cm³/mol. The number of thiophene rings is 1. The summed E-state index contributed by atoms with van der Waals surface area (Å²) in [5.41, 5.74) is -0.347. The number of likely N-dealkylation sites (N-methyl/N-ethyl adjacent to an activating group) is 1. The first-order valence-electron chi connectivity index (χ1n) is 11.9. The molecule has 1 aliphatic carbocycles. The van der Waals surface area contributed by atoms with E-state index >= 15 is 0 Å². The molecule has 2 aliphatic rings. The normalized spacial score (nSPS) is 20.4. The van der Waals surface area contributed by atoms with Crippen molar-refractivity contribution in [1.82, 2.24) is 4.90 Å². The van der Waals surface area contributed by atoms with Gasteiger partial charge in [-0.2, -0.15) is 0 Å². The van der Waals surface area contributed by atoms with Gasteiger partial charge in [-0.3, -0.25) is 4.79 Å². The minimum atomic E-state index is -1.38. The highest BCUT2D eigenvalue weighted by atomic mass is 32.1. The van der Waals surface area contributed by atoms with Crippen LogP contribution in [-0.2, 0) is 16.8 Å². The van der Waals surface area contributed by atoms with Gasteiger partial charge in [-0.15, -0.1) is 11.3 Å². The molecule has 4 rings (SSSR count). The van der Waals surface area contributed by atoms with E-state index < -0.39 is 5.60 Å². The van der Waals surface area contributed by atoms with Gasteiger partial charge in [-0.1, -0.05) is 31.0 Å². The summed E-state index contributed by atoms with van der Waals surface area (Å²) < 4.78 is 14.4. The molecule has 1 aromatic carbocycles. The third-order valence-corrected chi connectivity index (χ3v) is 8.77. The molecule has 4 nitrogen and oxygen atoms in total. The number of rotatable bonds is 7. The molecule has 1 amide bonds. The number of nitrogens with zero attached hydrogens (tertiary/aromatic N) is 2. The Hall–Kier alpha value is -1.76. The Morgan fingerprint density at radius 3 is 2.50 bits per heavy atom. The first kappa shape index (κ1) is 23.4. The van der Waals surface area contributed by atoms with Gasteiger partial charge in [0.15, 0.2) is 5.60 Å². The zero-order valence-electron chi connectivity index (χ0n) is 19.3. The number of hydrogen-bond acceptors (Lipinski definition) is 3. The van der Waals surface area contributed by atoms with Gasteiger partial charge in [0, 0.05) is 43.1 Å². The number of carbonyl (C=O) groups excluding carboxylic acids is 1. The molecular weight excluding hydrogens is 423 g/mol. The van der Waals surface area contributed by atoms with E-state index in [-0.39, 0.29) is 17.6 Å². The van der Waals surface area contributed by atoms with Crippen LogP contribution in [-0.4, -0.2) is 60.2 Å². The van der Waals surface area contributed by atoms with Crippen molar-refractivity contribution in [3.05, 3.63) is 58.0 Å². The number of likely N-dealkylation sites (tertiary alicyclic amines) is 1. The SMILES string of the molecule is C[N+](C)(CCc1cccc(F)c1)C1CCN(C(=O)C(O)(c2cccs2)C2CCCC2)CC1. The highest BCUT2D eigenvalue weighted by Crippen LogP contribution is 2.44. The number of halogens is 1. The van der Waals surface area contributed by atoms with Gasteiger partial charge in [0.2, 0.25) is 0 Å². The molecule has 0 radical (unpaired) electrons. The fourth-order valence-corrected chi connectivity index (χ4v) is 6.52. The topological polar surface area (TPSA) is 40.5 Å². The van der Waals surface area contributed by atoms with Crippen molar-refractivity contribution >= 4 is 17.2 Å². The van der Waals surface area contributed by atoms with Crippen molar-refractivity contribution in [2.75, 3.05) is 33.7 Å². The first-order chi connectivity index (χ1) is 15.3. The predicted octanol–water partition coefficient (Wildman–Crippen LogP) is 4.58. The van der Waals surface area contributed by atoms with E-state index in [2.05, 4.69) is 14.1 Å². The molecular formula is C26H36FN2O2S+. The molecule has 1 saturated heterocycles. The Balaban J connectivity index is 1.39. The van der Waals surface area contributed by atoms with Crippen molar-refractivity contribution in [2.24, 2.45) is 5.92 Å². The highest BCUT2D eigenvalue weighted by molar-refractivity contribution is 7.10.